The summed E-state index contributed by atoms with van der Waals surface area (Å²) in [5, 5.41) is 18.3. The van der Waals surface area contributed by atoms with Crippen LogP contribution in [0.4, 0.5) is 0 Å². The van der Waals surface area contributed by atoms with Gasteiger partial charge in [-0.25, -0.2) is 9.59 Å². The second-order valence-electron chi connectivity index (χ2n) is 2.75. The van der Waals surface area contributed by atoms with Crippen molar-refractivity contribution in [1.29, 1.82) is 0 Å². The van der Waals surface area contributed by atoms with Crippen LogP contribution in [-0.4, -0.2) is 41.7 Å². The van der Waals surface area contributed by atoms with E-state index in [1.54, 1.807) is 6.07 Å². The van der Waals surface area contributed by atoms with E-state index in [1.165, 1.54) is 12.1 Å². The molecule has 0 saturated carbocycles. The molecule has 0 aromatic heterocycles. The largest absolute Gasteiger partial charge is 0.478 e. The van der Waals surface area contributed by atoms with Gasteiger partial charge in [0.25, 0.3) is 9.76 Å². The van der Waals surface area contributed by atoms with Crippen molar-refractivity contribution in [3.8, 4) is 0 Å². The van der Waals surface area contributed by atoms with Crippen molar-refractivity contribution in [2.24, 2.45) is 0 Å². The molecule has 16 heavy (non-hydrogen) atoms. The molecule has 0 heterocycles. The van der Waals surface area contributed by atoms with Crippen molar-refractivity contribution >= 4 is 36.7 Å². The van der Waals surface area contributed by atoms with Crippen molar-refractivity contribution < 1.29 is 23.9 Å². The van der Waals surface area contributed by atoms with E-state index in [0.717, 1.165) is 0 Å². The molecule has 4 radical (unpaired) electrons. The van der Waals surface area contributed by atoms with Gasteiger partial charge in [-0.2, -0.15) is 0 Å². The quantitative estimate of drug-likeness (QED) is 0.721. The highest BCUT2D eigenvalue weighted by molar-refractivity contribution is 6.55. The van der Waals surface area contributed by atoms with Crippen LogP contribution in [0, 0.1) is 0 Å². The molecular weight excluding hydrogens is 244 g/mol. The zero-order chi connectivity index (χ0) is 12.1. The fourth-order valence-corrected chi connectivity index (χ4v) is 2.51. The van der Waals surface area contributed by atoms with E-state index in [2.05, 4.69) is 0 Å². The highest BCUT2D eigenvalue weighted by Gasteiger charge is 2.20. The number of hydrogen-bond donors (Lipinski definition) is 2. The fourth-order valence-electron chi connectivity index (χ4n) is 1.15. The Hall–Kier alpha value is -1.45. The Balaban J connectivity index is 3.21. The molecule has 0 aliphatic rings. The number of benzene rings is 1. The molecule has 1 aromatic carbocycles. The Bertz CT molecular complexity index is 418. The maximum atomic E-state index is 11.0. The van der Waals surface area contributed by atoms with Gasteiger partial charge in [-0.15, -0.1) is 0 Å². The molecule has 5 nitrogen and oxygen atoms in total. The second kappa shape index (κ2) is 5.59. The minimum Gasteiger partial charge on any atom is -0.478 e. The number of carbonyl (C=O) groups is 2. The van der Waals surface area contributed by atoms with Crippen LogP contribution in [0.15, 0.2) is 18.2 Å². The lowest BCUT2D eigenvalue weighted by Crippen LogP contribution is -2.28. The molecule has 0 atom stereocenters. The molecule has 2 N–H and O–H groups in total. The molecular formula is C9H8O5Si2. The SMILES string of the molecule is C[Si]O[Si]c1cccc(C(=O)O)c1C(=O)O. The van der Waals surface area contributed by atoms with E-state index in [9.17, 15) is 9.59 Å². The summed E-state index contributed by atoms with van der Waals surface area (Å²) in [6.45, 7) is 1.81. The van der Waals surface area contributed by atoms with E-state index in [4.69, 9.17) is 14.3 Å². The maximum absolute atomic E-state index is 11.0. The first kappa shape index (κ1) is 12.6. The van der Waals surface area contributed by atoms with Crippen LogP contribution in [-0.2, 0) is 4.12 Å². The average Bonchev–Trinajstić information content (AvgIpc) is 2.25. The first-order chi connectivity index (χ1) is 7.57. The normalized spacial score (nSPS) is 10.1. The Morgan fingerprint density at radius 2 is 1.94 bits per heavy atom. The summed E-state index contributed by atoms with van der Waals surface area (Å²) in [4.78, 5) is 21.9. The van der Waals surface area contributed by atoms with Gasteiger partial charge < -0.3 is 14.3 Å². The van der Waals surface area contributed by atoms with Gasteiger partial charge in [0.15, 0.2) is 0 Å². The lowest BCUT2D eigenvalue weighted by Gasteiger charge is -2.07. The van der Waals surface area contributed by atoms with Crippen LogP contribution in [0.5, 0.6) is 0 Å². The number of aromatic carboxylic acids is 2. The molecule has 7 heteroatoms. The Morgan fingerprint density at radius 3 is 2.44 bits per heavy atom. The lowest BCUT2D eigenvalue weighted by molar-refractivity contribution is 0.0652. The van der Waals surface area contributed by atoms with Gasteiger partial charge >= 0.3 is 11.9 Å². The van der Waals surface area contributed by atoms with E-state index in [1.807, 2.05) is 6.55 Å². The second-order valence-corrected chi connectivity index (χ2v) is 4.71. The van der Waals surface area contributed by atoms with Crippen molar-refractivity contribution in [3.63, 3.8) is 0 Å². The lowest BCUT2D eigenvalue weighted by atomic mass is 10.1. The predicted molar refractivity (Wildman–Crippen MR) is 58.5 cm³/mol. The maximum Gasteiger partial charge on any atom is 0.336 e. The molecule has 0 spiro atoms. The smallest absolute Gasteiger partial charge is 0.336 e. The summed E-state index contributed by atoms with van der Waals surface area (Å²) in [7, 11) is 0.0899. The molecule has 0 amide bonds. The molecule has 0 aliphatic heterocycles. The third kappa shape index (κ3) is 2.78. The molecule has 1 aromatic rings. The van der Waals surface area contributed by atoms with E-state index < -0.39 is 11.9 Å². The number of carboxylic acids is 2. The highest BCUT2D eigenvalue weighted by atomic mass is 28.3. The average molecular weight is 252 g/mol. The van der Waals surface area contributed by atoms with Gasteiger partial charge in [0.1, 0.15) is 0 Å². The zero-order valence-electron chi connectivity index (χ0n) is 8.35. The summed E-state index contributed by atoms with van der Waals surface area (Å²) >= 11 is 0. The summed E-state index contributed by atoms with van der Waals surface area (Å²) in [6, 6.07) is 4.35. The topological polar surface area (TPSA) is 83.8 Å². The van der Waals surface area contributed by atoms with E-state index in [-0.39, 0.29) is 30.7 Å². The van der Waals surface area contributed by atoms with Crippen LogP contribution in [0.1, 0.15) is 20.7 Å². The van der Waals surface area contributed by atoms with Gasteiger partial charge in [-0.1, -0.05) is 12.1 Å². The van der Waals surface area contributed by atoms with Gasteiger partial charge in [0.05, 0.1) is 11.1 Å². The Labute approximate surface area is 96.9 Å². The van der Waals surface area contributed by atoms with Crippen LogP contribution >= 0.6 is 0 Å². The zero-order valence-corrected chi connectivity index (χ0v) is 10.4. The first-order valence-electron chi connectivity index (χ1n) is 4.26. The van der Waals surface area contributed by atoms with Gasteiger partial charge in [-0.05, 0) is 17.8 Å². The van der Waals surface area contributed by atoms with E-state index >= 15 is 0 Å². The van der Waals surface area contributed by atoms with Crippen molar-refractivity contribution in [2.45, 2.75) is 6.55 Å². The van der Waals surface area contributed by atoms with Gasteiger partial charge in [-0.3, -0.25) is 0 Å². The molecule has 82 valence electrons. The summed E-state index contributed by atoms with van der Waals surface area (Å²) in [5.74, 6) is -2.49. The van der Waals surface area contributed by atoms with Crippen LogP contribution in [0.3, 0.4) is 0 Å². The Morgan fingerprint density at radius 1 is 1.25 bits per heavy atom. The summed E-state index contributed by atoms with van der Waals surface area (Å²) in [5.41, 5.74) is -0.396. The molecule has 0 unspecified atom stereocenters. The first-order valence-corrected chi connectivity index (χ1v) is 6.57. The molecule has 1 rings (SSSR count). The van der Waals surface area contributed by atoms with Crippen molar-refractivity contribution in [3.05, 3.63) is 29.3 Å². The van der Waals surface area contributed by atoms with Crippen LogP contribution < -0.4 is 5.19 Å². The molecule has 0 saturated heterocycles. The van der Waals surface area contributed by atoms with Gasteiger partial charge in [0, 0.05) is 0 Å². The van der Waals surface area contributed by atoms with Crippen molar-refractivity contribution in [2.75, 3.05) is 0 Å². The predicted octanol–water partition coefficient (Wildman–Crippen LogP) is 0.0114. The number of carboxylic acid groups (broad SMARTS) is 2. The van der Waals surface area contributed by atoms with Crippen molar-refractivity contribution in [1.82, 2.24) is 0 Å². The highest BCUT2D eigenvalue weighted by Crippen LogP contribution is 2.06. The molecule has 0 fully saturated rings. The number of rotatable bonds is 5. The molecule has 0 aliphatic carbocycles. The third-order valence-electron chi connectivity index (χ3n) is 1.77. The fraction of sp³-hybridized carbons (Fsp3) is 0.111. The minimum absolute atomic E-state index is 0.147. The Kier molecular flexibility index (Phi) is 4.41. The standard InChI is InChI=1S/C9H8O5Si2/c1-15-14-16-6-4-2-3-5(8(10)11)7(6)9(12)13/h2-4H,1H3,(H,10,11)(H,12,13). The summed E-state index contributed by atoms with van der Waals surface area (Å²) < 4.78 is 5.14. The van der Waals surface area contributed by atoms with Crippen LogP contribution in [0.2, 0.25) is 6.55 Å². The van der Waals surface area contributed by atoms with E-state index in [0.29, 0.717) is 5.19 Å². The monoisotopic (exact) mass is 252 g/mol. The van der Waals surface area contributed by atoms with Gasteiger partial charge in [0.2, 0.25) is 9.76 Å². The van der Waals surface area contributed by atoms with Crippen LogP contribution in [0.25, 0.3) is 0 Å². The summed E-state index contributed by atoms with van der Waals surface area (Å²) in [6.07, 6.45) is 0. The molecule has 0 bridgehead atoms. The number of hydrogen-bond acceptors (Lipinski definition) is 3. The third-order valence-corrected chi connectivity index (χ3v) is 3.63. The minimum atomic E-state index is -1.25.